The highest BCUT2D eigenvalue weighted by molar-refractivity contribution is 5.76. The Morgan fingerprint density at radius 2 is 2.12 bits per heavy atom. The number of benzene rings is 1. The first-order chi connectivity index (χ1) is 11.8. The number of aromatic nitrogens is 2. The molecule has 2 fully saturated rings. The first-order valence-electron chi connectivity index (χ1n) is 8.44. The van der Waals surface area contributed by atoms with Gasteiger partial charge in [0.25, 0.3) is 0 Å². The van der Waals surface area contributed by atoms with Gasteiger partial charge in [-0.15, -0.1) is 0 Å². The van der Waals surface area contributed by atoms with Crippen molar-refractivity contribution < 1.29 is 9.32 Å². The van der Waals surface area contributed by atoms with E-state index in [1.54, 1.807) is 0 Å². The Bertz CT molecular complexity index is 702. The molecule has 7 nitrogen and oxygen atoms in total. The summed E-state index contributed by atoms with van der Waals surface area (Å²) in [5, 5.41) is 6.95. The lowest BCUT2D eigenvalue weighted by Gasteiger charge is -2.36. The second-order valence-corrected chi connectivity index (χ2v) is 6.33. The van der Waals surface area contributed by atoms with Crippen LogP contribution in [0.1, 0.15) is 18.7 Å². The fourth-order valence-corrected chi connectivity index (χ4v) is 3.48. The first kappa shape index (κ1) is 15.1. The van der Waals surface area contributed by atoms with E-state index in [1.807, 2.05) is 35.2 Å². The predicted octanol–water partition coefficient (Wildman–Crippen LogP) is 1.73. The van der Waals surface area contributed by atoms with Crippen molar-refractivity contribution >= 4 is 6.03 Å². The Kier molecular flexibility index (Phi) is 4.17. The van der Waals surface area contributed by atoms with Gasteiger partial charge < -0.3 is 14.7 Å². The van der Waals surface area contributed by atoms with Crippen molar-refractivity contribution in [3.05, 3.63) is 36.2 Å². The number of likely N-dealkylation sites (tertiary alicyclic amines) is 1. The summed E-state index contributed by atoms with van der Waals surface area (Å²) in [5.74, 6) is 1.25. The molecule has 7 heteroatoms. The van der Waals surface area contributed by atoms with Crippen molar-refractivity contribution in [3.8, 4) is 11.4 Å². The number of urea groups is 1. The van der Waals surface area contributed by atoms with Gasteiger partial charge in [0, 0.05) is 31.2 Å². The van der Waals surface area contributed by atoms with Crippen molar-refractivity contribution in [3.63, 3.8) is 0 Å². The minimum absolute atomic E-state index is 0.0611. The van der Waals surface area contributed by atoms with E-state index in [0.29, 0.717) is 18.3 Å². The highest BCUT2D eigenvalue weighted by atomic mass is 16.5. The van der Waals surface area contributed by atoms with Crippen LogP contribution in [0.25, 0.3) is 11.4 Å². The minimum atomic E-state index is 0.0611. The molecule has 1 aromatic carbocycles. The fraction of sp³-hybridized carbons (Fsp3) is 0.471. The van der Waals surface area contributed by atoms with E-state index in [0.717, 1.165) is 44.6 Å². The van der Waals surface area contributed by atoms with Gasteiger partial charge in [-0.25, -0.2) is 4.79 Å². The third-order valence-corrected chi connectivity index (χ3v) is 4.67. The smallest absolute Gasteiger partial charge is 0.317 e. The van der Waals surface area contributed by atoms with Crippen LogP contribution in [0.4, 0.5) is 4.79 Å². The van der Waals surface area contributed by atoms with Gasteiger partial charge in [0.15, 0.2) is 0 Å². The zero-order chi connectivity index (χ0) is 16.4. The third-order valence-electron chi connectivity index (χ3n) is 4.67. The van der Waals surface area contributed by atoms with E-state index < -0.39 is 0 Å². The Balaban J connectivity index is 1.40. The number of rotatable bonds is 4. The average Bonchev–Trinajstić information content (AvgIpc) is 3.25. The largest absolute Gasteiger partial charge is 0.338 e. The lowest BCUT2D eigenvalue weighted by atomic mass is 10.0. The van der Waals surface area contributed by atoms with E-state index in [4.69, 9.17) is 4.52 Å². The molecular weight excluding hydrogens is 306 g/mol. The molecule has 0 spiro atoms. The number of carbonyl (C=O) groups is 1. The summed E-state index contributed by atoms with van der Waals surface area (Å²) >= 11 is 0. The van der Waals surface area contributed by atoms with Crippen LogP contribution in [0.5, 0.6) is 0 Å². The summed E-state index contributed by atoms with van der Waals surface area (Å²) < 4.78 is 5.41. The van der Waals surface area contributed by atoms with E-state index >= 15 is 0 Å². The summed E-state index contributed by atoms with van der Waals surface area (Å²) in [6.07, 6.45) is 2.14. The number of carbonyl (C=O) groups excluding carboxylic acids is 1. The molecule has 1 aromatic heterocycles. The molecule has 0 radical (unpaired) electrons. The molecule has 0 unspecified atom stereocenters. The maximum atomic E-state index is 11.9. The molecule has 0 bridgehead atoms. The van der Waals surface area contributed by atoms with Gasteiger partial charge in [0.2, 0.25) is 11.7 Å². The van der Waals surface area contributed by atoms with Crippen molar-refractivity contribution in [2.75, 3.05) is 26.2 Å². The molecule has 2 aliphatic heterocycles. The number of nitrogens with one attached hydrogen (secondary N) is 1. The molecule has 24 heavy (non-hydrogen) atoms. The summed E-state index contributed by atoms with van der Waals surface area (Å²) in [7, 11) is 0. The Morgan fingerprint density at radius 1 is 1.25 bits per heavy atom. The molecule has 1 atom stereocenters. The lowest BCUT2D eigenvalue weighted by molar-refractivity contribution is 0.113. The molecular formula is C17H21N5O2. The zero-order valence-corrected chi connectivity index (χ0v) is 13.5. The maximum absolute atomic E-state index is 11.9. The normalized spacial score (nSPS) is 21.9. The zero-order valence-electron chi connectivity index (χ0n) is 13.5. The van der Waals surface area contributed by atoms with Crippen LogP contribution in [0.3, 0.4) is 0 Å². The van der Waals surface area contributed by atoms with Gasteiger partial charge in [-0.1, -0.05) is 35.5 Å². The van der Waals surface area contributed by atoms with E-state index in [9.17, 15) is 4.79 Å². The SMILES string of the molecule is O=C1NCCN1[C@@H]1CCCN(Cc2nc(-c3ccccc3)no2)C1. The van der Waals surface area contributed by atoms with Crippen LogP contribution in [-0.4, -0.2) is 58.2 Å². The Labute approximate surface area is 140 Å². The third kappa shape index (κ3) is 3.12. The van der Waals surface area contributed by atoms with Crippen LogP contribution < -0.4 is 5.32 Å². The molecule has 3 heterocycles. The molecule has 1 N–H and O–H groups in total. The number of nitrogens with zero attached hydrogens (tertiary/aromatic N) is 4. The molecule has 2 saturated heterocycles. The molecule has 4 rings (SSSR count). The van der Waals surface area contributed by atoms with E-state index in [2.05, 4.69) is 20.4 Å². The highest BCUT2D eigenvalue weighted by Crippen LogP contribution is 2.20. The first-order valence-corrected chi connectivity index (χ1v) is 8.44. The van der Waals surface area contributed by atoms with Crippen molar-refractivity contribution in [2.45, 2.75) is 25.4 Å². The van der Waals surface area contributed by atoms with Gasteiger partial charge in [0.1, 0.15) is 0 Å². The van der Waals surface area contributed by atoms with Crippen molar-refractivity contribution in [2.24, 2.45) is 0 Å². The summed E-state index contributed by atoms with van der Waals surface area (Å²) in [6, 6.07) is 10.2. The molecule has 0 saturated carbocycles. The second kappa shape index (κ2) is 6.60. The predicted molar refractivity (Wildman–Crippen MR) is 88.1 cm³/mol. The standard InChI is InChI=1S/C17H21N5O2/c23-17-18-8-10-22(17)14-7-4-9-21(11-14)12-15-19-16(20-24-15)13-5-2-1-3-6-13/h1-3,5-6,14H,4,7-12H2,(H,18,23)/t14-/m1/s1. The van der Waals surface area contributed by atoms with Crippen molar-refractivity contribution in [1.82, 2.24) is 25.3 Å². The number of hydrogen-bond acceptors (Lipinski definition) is 5. The number of hydrogen-bond donors (Lipinski definition) is 1. The van der Waals surface area contributed by atoms with Crippen molar-refractivity contribution in [1.29, 1.82) is 0 Å². The fourth-order valence-electron chi connectivity index (χ4n) is 3.48. The van der Waals surface area contributed by atoms with E-state index in [1.165, 1.54) is 0 Å². The quantitative estimate of drug-likeness (QED) is 0.925. The number of piperidine rings is 1. The van der Waals surface area contributed by atoms with Gasteiger partial charge in [-0.3, -0.25) is 4.90 Å². The monoisotopic (exact) mass is 327 g/mol. The second-order valence-electron chi connectivity index (χ2n) is 6.33. The Hall–Kier alpha value is -2.41. The summed E-state index contributed by atoms with van der Waals surface area (Å²) in [6.45, 7) is 4.03. The summed E-state index contributed by atoms with van der Waals surface area (Å²) in [5.41, 5.74) is 0.956. The average molecular weight is 327 g/mol. The molecule has 126 valence electrons. The van der Waals surface area contributed by atoms with Gasteiger partial charge in [0.05, 0.1) is 6.54 Å². The lowest BCUT2D eigenvalue weighted by Crippen LogP contribution is -2.48. The maximum Gasteiger partial charge on any atom is 0.317 e. The van der Waals surface area contributed by atoms with Gasteiger partial charge in [-0.05, 0) is 19.4 Å². The minimum Gasteiger partial charge on any atom is -0.338 e. The van der Waals surface area contributed by atoms with Crippen LogP contribution >= 0.6 is 0 Å². The molecule has 0 aliphatic carbocycles. The Morgan fingerprint density at radius 3 is 2.92 bits per heavy atom. The van der Waals surface area contributed by atoms with Crippen LogP contribution in [0.2, 0.25) is 0 Å². The molecule has 2 aromatic rings. The molecule has 2 amide bonds. The molecule has 2 aliphatic rings. The number of amides is 2. The van der Waals surface area contributed by atoms with Crippen LogP contribution in [0, 0.1) is 0 Å². The van der Waals surface area contributed by atoms with E-state index in [-0.39, 0.29) is 12.1 Å². The van der Waals surface area contributed by atoms with Gasteiger partial charge in [-0.2, -0.15) is 4.98 Å². The van der Waals surface area contributed by atoms with Crippen LogP contribution in [-0.2, 0) is 6.54 Å². The topological polar surface area (TPSA) is 74.5 Å². The van der Waals surface area contributed by atoms with Gasteiger partial charge >= 0.3 is 6.03 Å². The summed E-state index contributed by atoms with van der Waals surface area (Å²) in [4.78, 5) is 20.6. The van der Waals surface area contributed by atoms with Crippen LogP contribution in [0.15, 0.2) is 34.9 Å². The highest BCUT2D eigenvalue weighted by Gasteiger charge is 2.31.